The predicted octanol–water partition coefficient (Wildman–Crippen LogP) is 0.0275. The minimum atomic E-state index is -2.25. The number of ether oxygens (including phenoxy) is 4. The van der Waals surface area contributed by atoms with Gasteiger partial charge in [0.05, 0.1) is 85.6 Å². The molecule has 3 heterocycles. The summed E-state index contributed by atoms with van der Waals surface area (Å²) in [6.07, 6.45) is 5.40. The molecule has 3 aliphatic rings. The molecule has 70 heavy (non-hydrogen) atoms. The van der Waals surface area contributed by atoms with Crippen molar-refractivity contribution in [2.24, 2.45) is 23.3 Å². The average Bonchev–Trinajstić information content (AvgIpc) is 3.29. The Labute approximate surface area is 411 Å². The van der Waals surface area contributed by atoms with Crippen molar-refractivity contribution in [3.8, 4) is 0 Å². The highest BCUT2D eigenvalue weighted by molar-refractivity contribution is 5.74. The maximum absolute atomic E-state index is 13.0. The van der Waals surface area contributed by atoms with Crippen LogP contribution in [0, 0.1) is 11.8 Å². The Hall–Kier alpha value is -3.68. The molecule has 0 spiro atoms. The van der Waals surface area contributed by atoms with E-state index in [0.717, 1.165) is 0 Å². The lowest BCUT2D eigenvalue weighted by Gasteiger charge is -2.46. The second-order valence-corrected chi connectivity index (χ2v) is 18.8. The molecule has 2 saturated heterocycles. The molecule has 2 bridgehead atoms. The number of urea groups is 1. The van der Waals surface area contributed by atoms with Gasteiger partial charge in [0.15, 0.2) is 12.1 Å². The van der Waals surface area contributed by atoms with Gasteiger partial charge in [0.1, 0.15) is 12.2 Å². The second-order valence-electron chi connectivity index (χ2n) is 18.8. The molecule has 398 valence electrons. The van der Waals surface area contributed by atoms with E-state index in [1.165, 1.54) is 0 Å². The fourth-order valence-electron chi connectivity index (χ4n) is 8.34. The molecule has 3 aliphatic heterocycles. The van der Waals surface area contributed by atoms with Gasteiger partial charge in [0.2, 0.25) is 0 Å². The van der Waals surface area contributed by atoms with Crippen LogP contribution in [0.25, 0.3) is 0 Å². The maximum Gasteiger partial charge on any atom is 0.315 e. The molecule has 20 heteroatoms. The predicted molar refractivity (Wildman–Crippen MR) is 260 cm³/mol. The lowest BCUT2D eigenvalue weighted by molar-refractivity contribution is -0.303. The van der Waals surface area contributed by atoms with Crippen LogP contribution in [0.4, 0.5) is 4.79 Å². The third-order valence-electron chi connectivity index (χ3n) is 12.7. The van der Waals surface area contributed by atoms with Gasteiger partial charge in [-0.2, -0.15) is 0 Å². The molecule has 0 radical (unpaired) electrons. The molecule has 19 atom stereocenters. The van der Waals surface area contributed by atoms with E-state index >= 15 is 0 Å². The molecule has 0 aliphatic carbocycles. The minimum Gasteiger partial charge on any atom is -0.462 e. The van der Waals surface area contributed by atoms with E-state index in [-0.39, 0.29) is 38.1 Å². The van der Waals surface area contributed by atoms with Gasteiger partial charge >= 0.3 is 12.0 Å². The summed E-state index contributed by atoms with van der Waals surface area (Å²) in [5.74, 6) is -3.71. The van der Waals surface area contributed by atoms with Crippen LogP contribution in [-0.4, -0.2) is 180 Å². The quantitative estimate of drug-likeness (QED) is 0.123. The number of carbonyl (C=O) groups is 2. The van der Waals surface area contributed by atoms with Crippen molar-refractivity contribution in [2.75, 3.05) is 13.1 Å². The van der Waals surface area contributed by atoms with Crippen molar-refractivity contribution >= 4 is 12.0 Å². The van der Waals surface area contributed by atoms with Gasteiger partial charge in [-0.15, -0.1) is 0 Å². The number of amides is 2. The molecule has 2 fully saturated rings. The number of nitrogens with two attached hydrogens (primary N) is 2. The van der Waals surface area contributed by atoms with Gasteiger partial charge in [-0.05, 0) is 46.1 Å². The zero-order valence-corrected chi connectivity index (χ0v) is 40.8. The smallest absolute Gasteiger partial charge is 0.315 e. The Morgan fingerprint density at radius 2 is 1.31 bits per heavy atom. The topological polar surface area (TPSA) is 349 Å². The first kappa shape index (κ1) is 60.6. The van der Waals surface area contributed by atoms with Crippen molar-refractivity contribution < 1.29 is 79.6 Å². The molecule has 2 unspecified atom stereocenters. The van der Waals surface area contributed by atoms with E-state index in [4.69, 9.17) is 30.4 Å². The number of aliphatic hydroxyl groups excluding tert-OH is 9. The van der Waals surface area contributed by atoms with E-state index in [9.17, 15) is 60.7 Å². The highest BCUT2D eigenvalue weighted by atomic mass is 16.7. The lowest BCUT2D eigenvalue weighted by atomic mass is 9.87. The van der Waals surface area contributed by atoms with Crippen molar-refractivity contribution in [1.82, 2.24) is 10.6 Å². The van der Waals surface area contributed by atoms with Gasteiger partial charge in [-0.3, -0.25) is 4.79 Å². The van der Waals surface area contributed by atoms with E-state index in [0.29, 0.717) is 13.0 Å². The fourth-order valence-corrected chi connectivity index (χ4v) is 8.34. The van der Waals surface area contributed by atoms with Crippen LogP contribution >= 0.6 is 0 Å². The summed E-state index contributed by atoms with van der Waals surface area (Å²) in [4.78, 5) is 25.7. The monoisotopic (exact) mass is 995 g/mol. The number of nitrogens with one attached hydrogen (secondary N) is 2. The van der Waals surface area contributed by atoms with Gasteiger partial charge in [0, 0.05) is 44.1 Å². The lowest BCUT2D eigenvalue weighted by Crippen LogP contribution is -2.64. The minimum absolute atomic E-state index is 0.0956. The zero-order valence-electron chi connectivity index (χ0n) is 40.8. The third kappa shape index (κ3) is 21.2. The largest absolute Gasteiger partial charge is 0.462 e. The van der Waals surface area contributed by atoms with Crippen LogP contribution in [0.3, 0.4) is 0 Å². The van der Waals surface area contributed by atoms with E-state index in [1.54, 1.807) is 69.4 Å². The Morgan fingerprint density at radius 1 is 0.714 bits per heavy atom. The number of rotatable bonds is 6. The number of fused-ring (bicyclic) bond motifs is 2. The maximum atomic E-state index is 13.0. The van der Waals surface area contributed by atoms with Crippen molar-refractivity contribution in [2.45, 2.75) is 189 Å². The zero-order chi connectivity index (χ0) is 52.0. The summed E-state index contributed by atoms with van der Waals surface area (Å²) in [5, 5.41) is 115. The summed E-state index contributed by atoms with van der Waals surface area (Å²) in [6, 6.07) is -2.96. The number of esters is 1. The number of aliphatic hydroxyl groups is 10. The summed E-state index contributed by atoms with van der Waals surface area (Å²) in [5.41, 5.74) is 11.7. The summed E-state index contributed by atoms with van der Waals surface area (Å²) in [7, 11) is 0. The molecular formula is C50H82N4O16. The Morgan fingerprint density at radius 3 is 1.93 bits per heavy atom. The molecule has 0 aromatic rings. The van der Waals surface area contributed by atoms with Crippen LogP contribution < -0.4 is 22.1 Å². The Bertz CT molecular complexity index is 1760. The van der Waals surface area contributed by atoms with Gasteiger partial charge < -0.3 is 92.1 Å². The van der Waals surface area contributed by atoms with Gasteiger partial charge in [-0.25, -0.2) is 4.79 Å². The molecule has 0 aromatic heterocycles. The van der Waals surface area contributed by atoms with Gasteiger partial charge in [0.25, 0.3) is 0 Å². The van der Waals surface area contributed by atoms with Crippen molar-refractivity contribution in [1.29, 1.82) is 0 Å². The first-order chi connectivity index (χ1) is 33.1. The number of cyclic esters (lactones) is 1. The number of hydrogen-bond donors (Lipinski definition) is 14. The molecule has 3 rings (SSSR count). The molecule has 20 nitrogen and oxygen atoms in total. The van der Waals surface area contributed by atoms with Crippen LogP contribution in [-0.2, 0) is 23.7 Å². The Balaban J connectivity index is 1.92. The Kier molecular flexibility index (Phi) is 26.9. The molecular weight excluding hydrogens is 913 g/mol. The highest BCUT2D eigenvalue weighted by Crippen LogP contribution is 2.35. The molecule has 2 amide bonds. The highest BCUT2D eigenvalue weighted by Gasteiger charge is 2.49. The van der Waals surface area contributed by atoms with Gasteiger partial charge in [-0.1, -0.05) is 98.9 Å². The normalized spacial score (nSPS) is 43.0. The fraction of sp³-hybridized carbons (Fsp3) is 0.680. The first-order valence-corrected chi connectivity index (χ1v) is 24.4. The first-order valence-electron chi connectivity index (χ1n) is 24.4. The summed E-state index contributed by atoms with van der Waals surface area (Å²) in [6.45, 7) is 7.33. The molecule has 0 aromatic carbocycles. The molecule has 0 saturated carbocycles. The number of carbonyl (C=O) groups excluding carboxylic acids is 2. The van der Waals surface area contributed by atoms with Crippen LogP contribution in [0.5, 0.6) is 0 Å². The van der Waals surface area contributed by atoms with E-state index in [2.05, 4.69) is 10.6 Å². The van der Waals surface area contributed by atoms with Crippen LogP contribution in [0.1, 0.15) is 85.5 Å². The summed E-state index contributed by atoms with van der Waals surface area (Å²) < 4.78 is 23.7. The standard InChI is InChI=1S/C50H82N4O16/c1-30-18-15-13-11-9-7-5-6-8-10-12-14-16-19-37(69-48-47(64)43(52)46(63)33(4)68-48)27-41-44(54-49(65)53-23-17-22-51)40(60)29-50(66,70-41)28-36(57)25-39(59)38(58)21-20-34(55)24-35(56)26-42(61)67-32(3)31(2)45(30)62/h5-16,18-19,30-41,43-48,55-60,62-64,66H,17,20-29,51-52H2,1-4H3,(H2,53,54,65)/b6-5+,9-7+,10-8+,13-11+,14-12+,18-15+,19-16+/t30-,31-,32-,33+,34+,35+,36-,37?,38+,39+,40-,41-,43-,44+,45+,46+,47-,48?,50+/m0/s1. The van der Waals surface area contributed by atoms with Crippen molar-refractivity contribution in [3.05, 3.63) is 85.1 Å². The number of hydrogen-bond acceptors (Lipinski definition) is 18. The van der Waals surface area contributed by atoms with Crippen LogP contribution in [0.15, 0.2) is 85.1 Å². The molecule has 16 N–H and O–H groups in total. The van der Waals surface area contributed by atoms with Crippen LogP contribution in [0.2, 0.25) is 0 Å². The second kappa shape index (κ2) is 31.0. The number of allylic oxidation sites excluding steroid dienone is 12. The van der Waals surface area contributed by atoms with Crippen molar-refractivity contribution in [3.63, 3.8) is 0 Å². The van der Waals surface area contributed by atoms with E-state index < -0.39 is 147 Å². The summed E-state index contributed by atoms with van der Waals surface area (Å²) >= 11 is 0. The average molecular weight is 995 g/mol. The third-order valence-corrected chi connectivity index (χ3v) is 12.7. The SMILES string of the molecule is C[C@@H]1[C@H](O)[C@@H](C)/C=C/C=C/C=C/C=C/C=C/C=C/C=C/C(OC2O[C@H](C)[C@@H](O)[C@H](N)[C@@H]2O)C[C@@H]2O[C@](O)(C[C@@H](O)C[C@@H](O)[C@H](O)CC[C@@H](O)C[C@@H](O)CC(=O)O[C@H]1C)C[C@H](O)[C@H]2NC(=O)NCCCN. The van der Waals surface area contributed by atoms with E-state index in [1.807, 2.05) is 43.4 Å².